The van der Waals surface area contributed by atoms with Gasteiger partial charge in [0.15, 0.2) is 5.78 Å². The van der Waals surface area contributed by atoms with Crippen molar-refractivity contribution in [1.29, 1.82) is 0 Å². The predicted molar refractivity (Wildman–Crippen MR) is 70.6 cm³/mol. The second-order valence-corrected chi connectivity index (χ2v) is 4.31. The van der Waals surface area contributed by atoms with Crippen molar-refractivity contribution in [1.82, 2.24) is 0 Å². The molecule has 0 N–H and O–H groups in total. The lowest BCUT2D eigenvalue weighted by molar-refractivity contribution is -0.242. The van der Waals surface area contributed by atoms with E-state index < -0.39 is 0 Å². The molecule has 3 nitrogen and oxygen atoms in total. The van der Waals surface area contributed by atoms with Crippen molar-refractivity contribution in [2.75, 3.05) is 7.11 Å². The molecule has 3 heteroatoms. The van der Waals surface area contributed by atoms with Crippen LogP contribution in [0.15, 0.2) is 48.5 Å². The Labute approximate surface area is 110 Å². The Kier molecular flexibility index (Phi) is 2.60. The number of fused-ring (bicyclic) bond motifs is 1. The number of ketones is 1. The highest BCUT2D eigenvalue weighted by molar-refractivity contribution is 6.38. The summed E-state index contributed by atoms with van der Waals surface area (Å²) >= 11 is 0. The molecule has 0 aliphatic heterocycles. The van der Waals surface area contributed by atoms with Crippen LogP contribution in [0.5, 0.6) is 5.75 Å². The number of carbonyl (C=O) groups excluding carboxylic acids is 1. The van der Waals surface area contributed by atoms with Gasteiger partial charge in [-0.2, -0.15) is 0 Å². The smallest absolute Gasteiger partial charge is 0.193 e. The zero-order chi connectivity index (χ0) is 13.4. The third-order valence-corrected chi connectivity index (χ3v) is 3.25. The first kappa shape index (κ1) is 11.5. The minimum Gasteiger partial charge on any atom is -0.872 e. The molecule has 3 rings (SSSR count). The van der Waals surface area contributed by atoms with E-state index in [9.17, 15) is 9.90 Å². The number of benzene rings is 2. The average Bonchev–Trinajstić information content (AvgIpc) is 2.72. The summed E-state index contributed by atoms with van der Waals surface area (Å²) in [4.78, 5) is 12.3. The molecule has 0 atom stereocenters. The summed E-state index contributed by atoms with van der Waals surface area (Å²) in [6.07, 6.45) is 0. The number of hydrogen-bond donors (Lipinski definition) is 0. The average molecular weight is 251 g/mol. The summed E-state index contributed by atoms with van der Waals surface area (Å²) in [5.74, 6) is 0.288. The first-order valence-corrected chi connectivity index (χ1v) is 5.92. The minimum atomic E-state index is -0.203. The van der Waals surface area contributed by atoms with Crippen molar-refractivity contribution in [2.24, 2.45) is 0 Å². The first-order chi connectivity index (χ1) is 9.22. The molecule has 0 saturated carbocycles. The number of methoxy groups -OCH3 is 1. The molecule has 0 amide bonds. The van der Waals surface area contributed by atoms with E-state index in [1.165, 1.54) is 0 Å². The zero-order valence-corrected chi connectivity index (χ0v) is 10.3. The molecule has 2 aromatic carbocycles. The number of carbonyl (C=O) groups is 1. The second kappa shape index (κ2) is 4.28. The lowest BCUT2D eigenvalue weighted by Crippen LogP contribution is -2.03. The molecule has 0 fully saturated rings. The van der Waals surface area contributed by atoms with Gasteiger partial charge in [-0.3, -0.25) is 4.79 Å². The molecule has 0 saturated heterocycles. The van der Waals surface area contributed by atoms with E-state index in [0.717, 1.165) is 0 Å². The fourth-order valence-corrected chi connectivity index (χ4v) is 2.27. The first-order valence-electron chi connectivity index (χ1n) is 5.92. The lowest BCUT2D eigenvalue weighted by Gasteiger charge is -2.11. The predicted octanol–water partition coefficient (Wildman–Crippen LogP) is 2.12. The third kappa shape index (κ3) is 1.71. The molecule has 2 aromatic rings. The van der Waals surface area contributed by atoms with Crippen LogP contribution in [0.25, 0.3) is 11.3 Å². The number of rotatable bonds is 2. The van der Waals surface area contributed by atoms with E-state index in [-0.39, 0.29) is 17.1 Å². The van der Waals surface area contributed by atoms with Crippen LogP contribution in [0.4, 0.5) is 0 Å². The van der Waals surface area contributed by atoms with Gasteiger partial charge in [0.25, 0.3) is 0 Å². The molecule has 94 valence electrons. The molecule has 0 spiro atoms. The Hall–Kier alpha value is -2.55. The molecule has 0 unspecified atom stereocenters. The SMILES string of the molecule is COc1ccc(C2=C([O-])c3ccccc3C2=O)cc1. The number of allylic oxidation sites excluding steroid dienone is 1. The number of Topliss-reactive ketones (excluding diaryl/α,β-unsaturated/α-hetero) is 1. The van der Waals surface area contributed by atoms with Crippen LogP contribution in [0.2, 0.25) is 0 Å². The molecule has 1 aliphatic carbocycles. The number of hydrogen-bond acceptors (Lipinski definition) is 3. The van der Waals surface area contributed by atoms with Crippen LogP contribution in [0.1, 0.15) is 21.5 Å². The fraction of sp³-hybridized carbons (Fsp3) is 0.0625. The zero-order valence-electron chi connectivity index (χ0n) is 10.3. The Balaban J connectivity index is 2.11. The van der Waals surface area contributed by atoms with Gasteiger partial charge in [-0.05, 0) is 23.3 Å². The van der Waals surface area contributed by atoms with Crippen LogP contribution in [-0.4, -0.2) is 12.9 Å². The van der Waals surface area contributed by atoms with Crippen molar-refractivity contribution in [2.45, 2.75) is 0 Å². The van der Waals surface area contributed by atoms with Crippen molar-refractivity contribution >= 4 is 17.1 Å². The van der Waals surface area contributed by atoms with Gasteiger partial charge >= 0.3 is 0 Å². The van der Waals surface area contributed by atoms with Crippen molar-refractivity contribution in [3.8, 4) is 5.75 Å². The van der Waals surface area contributed by atoms with Gasteiger partial charge < -0.3 is 9.84 Å². The molecular weight excluding hydrogens is 240 g/mol. The molecule has 0 aromatic heterocycles. The van der Waals surface area contributed by atoms with Crippen LogP contribution in [-0.2, 0) is 0 Å². The van der Waals surface area contributed by atoms with Crippen LogP contribution < -0.4 is 9.84 Å². The van der Waals surface area contributed by atoms with Crippen LogP contribution >= 0.6 is 0 Å². The van der Waals surface area contributed by atoms with Gasteiger partial charge in [0, 0.05) is 11.1 Å². The molecule has 19 heavy (non-hydrogen) atoms. The largest absolute Gasteiger partial charge is 0.872 e. The molecule has 1 aliphatic rings. The summed E-state index contributed by atoms with van der Waals surface area (Å²) in [6, 6.07) is 13.9. The third-order valence-electron chi connectivity index (χ3n) is 3.25. The summed E-state index contributed by atoms with van der Waals surface area (Å²) < 4.78 is 5.07. The van der Waals surface area contributed by atoms with Crippen LogP contribution in [0.3, 0.4) is 0 Å². The van der Waals surface area contributed by atoms with Crippen molar-refractivity contribution in [3.05, 3.63) is 65.2 Å². The van der Waals surface area contributed by atoms with Crippen molar-refractivity contribution < 1.29 is 14.6 Å². The Morgan fingerprint density at radius 3 is 2.16 bits per heavy atom. The molecular formula is C16H11O3-. The van der Waals surface area contributed by atoms with E-state index in [0.29, 0.717) is 22.4 Å². The summed E-state index contributed by atoms with van der Waals surface area (Å²) in [7, 11) is 1.57. The quantitative estimate of drug-likeness (QED) is 0.821. The summed E-state index contributed by atoms with van der Waals surface area (Å²) in [5.41, 5.74) is 1.84. The Morgan fingerprint density at radius 1 is 0.947 bits per heavy atom. The summed E-state index contributed by atoms with van der Waals surface area (Å²) in [6.45, 7) is 0. The maximum absolute atomic E-state index is 12.3. The van der Waals surface area contributed by atoms with Gasteiger partial charge in [-0.25, -0.2) is 0 Å². The molecule has 0 radical (unpaired) electrons. The van der Waals surface area contributed by atoms with Crippen molar-refractivity contribution in [3.63, 3.8) is 0 Å². The minimum absolute atomic E-state index is 0.203. The molecule has 0 bridgehead atoms. The standard InChI is InChI=1S/C16H12O3/c1-19-11-8-6-10(7-9-11)14-15(17)12-4-2-3-5-13(12)16(14)18/h2-9,17H,1H3/p-1. The van der Waals surface area contributed by atoms with Gasteiger partial charge in [0.05, 0.1) is 7.11 Å². The van der Waals surface area contributed by atoms with Gasteiger partial charge in [-0.15, -0.1) is 0 Å². The Morgan fingerprint density at radius 2 is 1.58 bits per heavy atom. The monoisotopic (exact) mass is 251 g/mol. The van der Waals surface area contributed by atoms with E-state index in [2.05, 4.69) is 0 Å². The van der Waals surface area contributed by atoms with E-state index in [1.54, 1.807) is 55.6 Å². The van der Waals surface area contributed by atoms with Gasteiger partial charge in [0.1, 0.15) is 5.75 Å². The van der Waals surface area contributed by atoms with E-state index in [1.807, 2.05) is 0 Å². The topological polar surface area (TPSA) is 49.4 Å². The highest BCUT2D eigenvalue weighted by atomic mass is 16.5. The van der Waals surface area contributed by atoms with Gasteiger partial charge in [-0.1, -0.05) is 42.2 Å². The Bertz CT molecular complexity index is 681. The maximum atomic E-state index is 12.3. The normalized spacial score (nSPS) is 13.6. The van der Waals surface area contributed by atoms with E-state index >= 15 is 0 Å². The number of ether oxygens (including phenoxy) is 1. The van der Waals surface area contributed by atoms with E-state index in [4.69, 9.17) is 4.74 Å². The summed E-state index contributed by atoms with van der Waals surface area (Å²) in [5, 5.41) is 12.3. The second-order valence-electron chi connectivity index (χ2n) is 4.31. The molecule has 0 heterocycles. The van der Waals surface area contributed by atoms with Crippen LogP contribution in [0, 0.1) is 0 Å². The van der Waals surface area contributed by atoms with Gasteiger partial charge in [0.2, 0.25) is 0 Å². The fourth-order valence-electron chi connectivity index (χ4n) is 2.27. The lowest BCUT2D eigenvalue weighted by atomic mass is 10.0. The highest BCUT2D eigenvalue weighted by Crippen LogP contribution is 2.35. The highest BCUT2D eigenvalue weighted by Gasteiger charge is 2.25. The maximum Gasteiger partial charge on any atom is 0.193 e.